The summed E-state index contributed by atoms with van der Waals surface area (Å²) in [5.74, 6) is 1.18. The van der Waals surface area contributed by atoms with Crippen LogP contribution in [-0.2, 0) is 11.2 Å². The van der Waals surface area contributed by atoms with Gasteiger partial charge in [-0.05, 0) is 42.3 Å². The summed E-state index contributed by atoms with van der Waals surface area (Å²) in [6.45, 7) is 3.19. The number of aromatic amines is 1. The number of ether oxygens (including phenoxy) is 1. The maximum absolute atomic E-state index is 12.3. The van der Waals surface area contributed by atoms with Gasteiger partial charge >= 0.3 is 0 Å². The molecular weight excluding hydrogens is 364 g/mol. The first-order valence-corrected chi connectivity index (χ1v) is 9.76. The Kier molecular flexibility index (Phi) is 7.01. The average molecular weight is 388 g/mol. The van der Waals surface area contributed by atoms with Gasteiger partial charge in [0.1, 0.15) is 23.2 Å². The van der Waals surface area contributed by atoms with Crippen LogP contribution in [0.2, 0.25) is 0 Å². The predicted molar refractivity (Wildman–Crippen MR) is 113 cm³/mol. The maximum atomic E-state index is 12.3. The summed E-state index contributed by atoms with van der Waals surface area (Å²) in [5.41, 5.74) is 2.70. The third-order valence-electron chi connectivity index (χ3n) is 4.41. The average Bonchev–Trinajstić information content (AvgIpc) is 3.16. The number of unbranched alkanes of at least 4 members (excludes halogenated alkanes) is 1. The highest BCUT2D eigenvalue weighted by Crippen LogP contribution is 2.15. The highest BCUT2D eigenvalue weighted by atomic mass is 16.5. The molecule has 0 radical (unpaired) electrons. The van der Waals surface area contributed by atoms with Crippen LogP contribution in [-0.4, -0.2) is 29.0 Å². The van der Waals surface area contributed by atoms with Gasteiger partial charge in [-0.25, -0.2) is 4.98 Å². The molecule has 2 aromatic carbocycles. The van der Waals surface area contributed by atoms with E-state index in [2.05, 4.69) is 22.2 Å². The highest BCUT2D eigenvalue weighted by molar-refractivity contribution is 6.01. The van der Waals surface area contributed by atoms with Crippen molar-refractivity contribution in [2.24, 2.45) is 0 Å². The third kappa shape index (κ3) is 5.69. The number of rotatable bonds is 9. The fraction of sp³-hybridized carbons (Fsp3) is 0.261. The van der Waals surface area contributed by atoms with Crippen LogP contribution in [0.1, 0.15) is 31.2 Å². The van der Waals surface area contributed by atoms with Gasteiger partial charge in [-0.15, -0.1) is 0 Å². The number of nitrogens with one attached hydrogen (secondary N) is 2. The van der Waals surface area contributed by atoms with E-state index in [4.69, 9.17) is 4.74 Å². The first-order valence-electron chi connectivity index (χ1n) is 9.76. The summed E-state index contributed by atoms with van der Waals surface area (Å²) in [6.07, 6.45) is 4.22. The Bertz CT molecular complexity index is 996. The molecule has 0 aliphatic rings. The second kappa shape index (κ2) is 10.1. The lowest BCUT2D eigenvalue weighted by atomic mass is 10.1. The number of nitrogens with zero attached hydrogens (tertiary/aromatic N) is 2. The Morgan fingerprint density at radius 2 is 2.03 bits per heavy atom. The molecule has 2 N–H and O–H groups in total. The number of benzene rings is 2. The van der Waals surface area contributed by atoms with Crippen molar-refractivity contribution in [3.63, 3.8) is 0 Å². The van der Waals surface area contributed by atoms with E-state index in [9.17, 15) is 10.1 Å². The van der Waals surface area contributed by atoms with E-state index < -0.39 is 5.91 Å². The minimum absolute atomic E-state index is 0.0641. The quantitative estimate of drug-likeness (QED) is 0.329. The van der Waals surface area contributed by atoms with Crippen molar-refractivity contribution >= 4 is 23.0 Å². The molecule has 1 heterocycles. The molecule has 0 bridgehead atoms. The van der Waals surface area contributed by atoms with Crippen LogP contribution in [0.25, 0.3) is 17.1 Å². The lowest BCUT2D eigenvalue weighted by molar-refractivity contribution is -0.117. The molecule has 148 valence electrons. The Morgan fingerprint density at radius 1 is 1.24 bits per heavy atom. The zero-order valence-corrected chi connectivity index (χ0v) is 16.4. The molecule has 0 aliphatic heterocycles. The Hall–Kier alpha value is -3.59. The van der Waals surface area contributed by atoms with Crippen molar-refractivity contribution < 1.29 is 9.53 Å². The van der Waals surface area contributed by atoms with Crippen molar-refractivity contribution in [1.82, 2.24) is 15.3 Å². The van der Waals surface area contributed by atoms with E-state index in [1.807, 2.05) is 54.6 Å². The summed E-state index contributed by atoms with van der Waals surface area (Å²) < 4.78 is 5.62. The number of aromatic nitrogens is 2. The normalized spacial score (nSPS) is 11.2. The van der Waals surface area contributed by atoms with Gasteiger partial charge in [0, 0.05) is 13.0 Å². The van der Waals surface area contributed by atoms with E-state index in [0.717, 1.165) is 41.0 Å². The largest absolute Gasteiger partial charge is 0.494 e. The number of carbonyl (C=O) groups excluding carboxylic acids is 1. The van der Waals surface area contributed by atoms with Crippen LogP contribution < -0.4 is 10.1 Å². The van der Waals surface area contributed by atoms with Gasteiger partial charge < -0.3 is 15.0 Å². The van der Waals surface area contributed by atoms with Crippen LogP contribution in [0, 0.1) is 11.3 Å². The van der Waals surface area contributed by atoms with Gasteiger partial charge in [0.05, 0.1) is 17.6 Å². The van der Waals surface area contributed by atoms with Crippen molar-refractivity contribution in [2.75, 3.05) is 13.2 Å². The second-order valence-corrected chi connectivity index (χ2v) is 6.65. The van der Waals surface area contributed by atoms with E-state index in [-0.39, 0.29) is 5.57 Å². The zero-order valence-electron chi connectivity index (χ0n) is 16.4. The molecule has 0 atom stereocenters. The standard InChI is InChI=1S/C23H24N4O2/c1-2-3-14-29-19-10-8-17(9-11-19)15-18(16-24)23(28)25-13-12-22-26-20-6-4-5-7-21(20)27-22/h4-11,15H,2-3,12-14H2,1H3,(H,25,28)(H,26,27)/b18-15+. The Morgan fingerprint density at radius 3 is 2.76 bits per heavy atom. The van der Waals surface area contributed by atoms with Gasteiger partial charge in [-0.3, -0.25) is 4.79 Å². The number of amides is 1. The molecule has 0 saturated carbocycles. The summed E-state index contributed by atoms with van der Waals surface area (Å²) in [6, 6.07) is 17.1. The van der Waals surface area contributed by atoms with Gasteiger partial charge in [0.25, 0.3) is 5.91 Å². The van der Waals surface area contributed by atoms with Crippen LogP contribution in [0.3, 0.4) is 0 Å². The van der Waals surface area contributed by atoms with Crippen LogP contribution in [0.15, 0.2) is 54.1 Å². The summed E-state index contributed by atoms with van der Waals surface area (Å²) in [5, 5.41) is 12.1. The fourth-order valence-corrected chi connectivity index (χ4v) is 2.82. The summed E-state index contributed by atoms with van der Waals surface area (Å²) in [4.78, 5) is 20.0. The number of H-pyrrole nitrogens is 1. The molecule has 29 heavy (non-hydrogen) atoms. The molecule has 3 aromatic rings. The number of hydrogen-bond acceptors (Lipinski definition) is 4. The van der Waals surface area contributed by atoms with E-state index in [1.54, 1.807) is 6.08 Å². The van der Waals surface area contributed by atoms with Crippen molar-refractivity contribution in [3.8, 4) is 11.8 Å². The first kappa shape index (κ1) is 20.2. The van der Waals surface area contributed by atoms with Crippen LogP contribution >= 0.6 is 0 Å². The smallest absolute Gasteiger partial charge is 0.261 e. The second-order valence-electron chi connectivity index (χ2n) is 6.65. The van der Waals surface area contributed by atoms with Gasteiger partial charge in [0.15, 0.2) is 0 Å². The molecule has 1 amide bonds. The number of imidazole rings is 1. The predicted octanol–water partition coefficient (Wildman–Crippen LogP) is 4.01. The fourth-order valence-electron chi connectivity index (χ4n) is 2.82. The van der Waals surface area contributed by atoms with Crippen molar-refractivity contribution in [1.29, 1.82) is 5.26 Å². The van der Waals surface area contributed by atoms with Gasteiger partial charge in [-0.2, -0.15) is 5.26 Å². The van der Waals surface area contributed by atoms with Crippen LogP contribution in [0.4, 0.5) is 0 Å². The van der Waals surface area contributed by atoms with E-state index >= 15 is 0 Å². The number of hydrogen-bond donors (Lipinski definition) is 2. The lowest BCUT2D eigenvalue weighted by Gasteiger charge is -2.06. The molecule has 3 rings (SSSR count). The van der Waals surface area contributed by atoms with Crippen molar-refractivity contribution in [2.45, 2.75) is 26.2 Å². The number of fused-ring (bicyclic) bond motifs is 1. The number of para-hydroxylation sites is 2. The molecule has 1 aromatic heterocycles. The highest BCUT2D eigenvalue weighted by Gasteiger charge is 2.09. The molecule has 0 aliphatic carbocycles. The minimum atomic E-state index is -0.396. The molecule has 0 unspecified atom stereocenters. The minimum Gasteiger partial charge on any atom is -0.494 e. The third-order valence-corrected chi connectivity index (χ3v) is 4.41. The zero-order chi connectivity index (χ0) is 20.5. The Balaban J connectivity index is 1.54. The van der Waals surface area contributed by atoms with E-state index in [1.165, 1.54) is 0 Å². The molecule has 0 saturated heterocycles. The first-order chi connectivity index (χ1) is 14.2. The lowest BCUT2D eigenvalue weighted by Crippen LogP contribution is -2.27. The van der Waals surface area contributed by atoms with Crippen molar-refractivity contribution in [3.05, 3.63) is 65.5 Å². The Labute approximate surface area is 170 Å². The number of nitriles is 1. The maximum Gasteiger partial charge on any atom is 0.261 e. The molecule has 6 heteroatoms. The summed E-state index contributed by atoms with van der Waals surface area (Å²) >= 11 is 0. The molecule has 0 fully saturated rings. The topological polar surface area (TPSA) is 90.8 Å². The van der Waals surface area contributed by atoms with E-state index in [0.29, 0.717) is 19.6 Å². The SMILES string of the molecule is CCCCOc1ccc(/C=C(\C#N)C(=O)NCCc2nc3ccccc3[nH]2)cc1. The molecule has 0 spiro atoms. The van der Waals surface area contributed by atoms with Gasteiger partial charge in [0.2, 0.25) is 0 Å². The summed E-state index contributed by atoms with van der Waals surface area (Å²) in [7, 11) is 0. The number of carbonyl (C=O) groups is 1. The van der Waals surface area contributed by atoms with Crippen LogP contribution in [0.5, 0.6) is 5.75 Å². The monoisotopic (exact) mass is 388 g/mol. The molecular formula is C23H24N4O2. The van der Waals surface area contributed by atoms with Gasteiger partial charge in [-0.1, -0.05) is 37.6 Å². The molecule has 6 nitrogen and oxygen atoms in total.